The van der Waals surface area contributed by atoms with Gasteiger partial charge in [-0.3, -0.25) is 0 Å². The maximum Gasteiger partial charge on any atom is 0.178 e. The second kappa shape index (κ2) is 6.17. The first kappa shape index (κ1) is 16.1. The summed E-state index contributed by atoms with van der Waals surface area (Å²) in [7, 11) is 0. The summed E-state index contributed by atoms with van der Waals surface area (Å²) < 4.78 is 0. The zero-order valence-corrected chi connectivity index (χ0v) is 15.5. The summed E-state index contributed by atoms with van der Waals surface area (Å²) in [4.78, 5) is 15.2. The molecule has 4 nitrogen and oxygen atoms in total. The van der Waals surface area contributed by atoms with Gasteiger partial charge in [0.15, 0.2) is 5.65 Å². The van der Waals surface area contributed by atoms with Crippen LogP contribution in [-0.2, 0) is 6.42 Å². The van der Waals surface area contributed by atoms with Crippen molar-refractivity contribution >= 4 is 16.9 Å². The standard InChI is InChI=1S/C21H26N4/c1-13(2)15-11-17(20-23-18-8-5-9-22-21(18)24-20)16-7-6-10-25(14(3)4)19(16)12-15/h5,8-9,11-14H,6-7,10H2,1-4H3,(H,22,23,24). The van der Waals surface area contributed by atoms with E-state index in [0.29, 0.717) is 12.0 Å². The van der Waals surface area contributed by atoms with E-state index in [1.54, 1.807) is 6.20 Å². The van der Waals surface area contributed by atoms with Crippen LogP contribution in [0.5, 0.6) is 0 Å². The SMILES string of the molecule is CC(C)c1cc(-c2nc3ncccc3[nH]2)c2c(c1)N(C(C)C)CCC2. The molecule has 1 N–H and O–H groups in total. The molecule has 0 aliphatic carbocycles. The third-order valence-corrected chi connectivity index (χ3v) is 5.19. The second-order valence-electron chi connectivity index (χ2n) is 7.57. The average Bonchev–Trinajstić information content (AvgIpc) is 3.03. The maximum absolute atomic E-state index is 4.78. The molecule has 4 heteroatoms. The lowest BCUT2D eigenvalue weighted by Gasteiger charge is -2.36. The van der Waals surface area contributed by atoms with Crippen molar-refractivity contribution in [3.05, 3.63) is 41.6 Å². The highest BCUT2D eigenvalue weighted by Gasteiger charge is 2.24. The number of benzene rings is 1. The van der Waals surface area contributed by atoms with Crippen LogP contribution in [0.3, 0.4) is 0 Å². The van der Waals surface area contributed by atoms with Crippen LogP contribution < -0.4 is 4.90 Å². The topological polar surface area (TPSA) is 44.8 Å². The van der Waals surface area contributed by atoms with Gasteiger partial charge in [0.2, 0.25) is 0 Å². The Kier molecular flexibility index (Phi) is 3.98. The summed E-state index contributed by atoms with van der Waals surface area (Å²) in [6.45, 7) is 10.2. The number of hydrogen-bond acceptors (Lipinski definition) is 3. The Bertz CT molecular complexity index is 874. The molecule has 0 radical (unpaired) electrons. The highest BCUT2D eigenvalue weighted by Crippen LogP contribution is 2.38. The fourth-order valence-corrected chi connectivity index (χ4v) is 3.80. The Morgan fingerprint density at radius 1 is 1.16 bits per heavy atom. The number of aromatic amines is 1. The van der Waals surface area contributed by atoms with E-state index in [4.69, 9.17) is 4.98 Å². The monoisotopic (exact) mass is 334 g/mol. The van der Waals surface area contributed by atoms with Crippen molar-refractivity contribution in [2.45, 2.75) is 52.5 Å². The zero-order chi connectivity index (χ0) is 17.6. The Balaban J connectivity index is 1.94. The van der Waals surface area contributed by atoms with Crippen LogP contribution in [0.25, 0.3) is 22.6 Å². The van der Waals surface area contributed by atoms with Crippen LogP contribution >= 0.6 is 0 Å². The van der Waals surface area contributed by atoms with E-state index < -0.39 is 0 Å². The summed E-state index contributed by atoms with van der Waals surface area (Å²) in [6, 6.07) is 9.21. The number of hydrogen-bond donors (Lipinski definition) is 1. The van der Waals surface area contributed by atoms with Gasteiger partial charge in [-0.25, -0.2) is 9.97 Å². The lowest BCUT2D eigenvalue weighted by atomic mass is 9.90. The number of nitrogens with zero attached hydrogens (tertiary/aromatic N) is 3. The van der Waals surface area contributed by atoms with Gasteiger partial charge in [0.25, 0.3) is 0 Å². The lowest BCUT2D eigenvalue weighted by molar-refractivity contribution is 0.625. The molecule has 0 saturated heterocycles. The molecule has 25 heavy (non-hydrogen) atoms. The maximum atomic E-state index is 4.78. The molecule has 4 rings (SSSR count). The number of H-pyrrole nitrogens is 1. The first-order valence-corrected chi connectivity index (χ1v) is 9.29. The van der Waals surface area contributed by atoms with Crippen molar-refractivity contribution in [2.24, 2.45) is 0 Å². The molecule has 0 fully saturated rings. The third kappa shape index (κ3) is 2.80. The number of nitrogens with one attached hydrogen (secondary N) is 1. The molecule has 0 atom stereocenters. The molecule has 130 valence electrons. The molecular formula is C21H26N4. The lowest BCUT2D eigenvalue weighted by Crippen LogP contribution is -2.35. The smallest absolute Gasteiger partial charge is 0.178 e. The average molecular weight is 334 g/mol. The van der Waals surface area contributed by atoms with Gasteiger partial charge >= 0.3 is 0 Å². The molecule has 0 bridgehead atoms. The summed E-state index contributed by atoms with van der Waals surface area (Å²) >= 11 is 0. The molecule has 1 aliphatic rings. The van der Waals surface area contributed by atoms with Gasteiger partial charge in [0.1, 0.15) is 5.82 Å². The quantitative estimate of drug-likeness (QED) is 0.740. The van der Waals surface area contributed by atoms with E-state index in [1.165, 1.54) is 28.8 Å². The van der Waals surface area contributed by atoms with Gasteiger partial charge in [-0.2, -0.15) is 0 Å². The predicted octanol–water partition coefficient (Wildman–Crippen LogP) is 4.91. The van der Waals surface area contributed by atoms with E-state index in [9.17, 15) is 0 Å². The molecular weight excluding hydrogens is 308 g/mol. The normalized spacial score (nSPS) is 14.6. The minimum Gasteiger partial charge on any atom is -0.369 e. The van der Waals surface area contributed by atoms with E-state index in [0.717, 1.165) is 30.0 Å². The molecule has 0 spiro atoms. The number of fused-ring (bicyclic) bond motifs is 2. The largest absolute Gasteiger partial charge is 0.369 e. The minimum absolute atomic E-state index is 0.488. The summed E-state index contributed by atoms with van der Waals surface area (Å²) in [5, 5.41) is 0. The first-order chi connectivity index (χ1) is 12.0. The number of aromatic nitrogens is 3. The Hall–Kier alpha value is -2.36. The van der Waals surface area contributed by atoms with Crippen molar-refractivity contribution in [1.29, 1.82) is 0 Å². The molecule has 0 unspecified atom stereocenters. The van der Waals surface area contributed by atoms with Gasteiger partial charge in [0.05, 0.1) is 5.52 Å². The van der Waals surface area contributed by atoms with E-state index in [1.807, 2.05) is 12.1 Å². The molecule has 3 heterocycles. The fraction of sp³-hybridized carbons (Fsp3) is 0.429. The van der Waals surface area contributed by atoms with Crippen LogP contribution in [0.1, 0.15) is 51.2 Å². The summed E-state index contributed by atoms with van der Waals surface area (Å²) in [5.74, 6) is 1.43. The van der Waals surface area contributed by atoms with Crippen molar-refractivity contribution in [3.63, 3.8) is 0 Å². The van der Waals surface area contributed by atoms with Crippen LogP contribution in [-0.4, -0.2) is 27.5 Å². The summed E-state index contributed by atoms with van der Waals surface area (Å²) in [6.07, 6.45) is 4.10. The third-order valence-electron chi connectivity index (χ3n) is 5.19. The predicted molar refractivity (Wildman–Crippen MR) is 104 cm³/mol. The molecule has 1 aliphatic heterocycles. The highest BCUT2D eigenvalue weighted by atomic mass is 15.2. The Labute approximate surface area is 149 Å². The minimum atomic E-state index is 0.488. The Morgan fingerprint density at radius 2 is 2.00 bits per heavy atom. The first-order valence-electron chi connectivity index (χ1n) is 9.29. The number of anilines is 1. The van der Waals surface area contributed by atoms with E-state index in [-0.39, 0.29) is 0 Å². The van der Waals surface area contributed by atoms with Gasteiger partial charge < -0.3 is 9.88 Å². The van der Waals surface area contributed by atoms with Crippen LogP contribution in [0.2, 0.25) is 0 Å². The van der Waals surface area contributed by atoms with Crippen molar-refractivity contribution in [2.75, 3.05) is 11.4 Å². The van der Waals surface area contributed by atoms with Crippen LogP contribution in [0.15, 0.2) is 30.5 Å². The van der Waals surface area contributed by atoms with Crippen molar-refractivity contribution in [3.8, 4) is 11.4 Å². The fourth-order valence-electron chi connectivity index (χ4n) is 3.80. The molecule has 1 aromatic carbocycles. The van der Waals surface area contributed by atoms with Crippen molar-refractivity contribution in [1.82, 2.24) is 15.0 Å². The second-order valence-corrected chi connectivity index (χ2v) is 7.57. The van der Waals surface area contributed by atoms with Gasteiger partial charge in [-0.1, -0.05) is 13.8 Å². The molecule has 2 aromatic heterocycles. The molecule has 3 aromatic rings. The molecule has 0 saturated carbocycles. The number of rotatable bonds is 3. The summed E-state index contributed by atoms with van der Waals surface area (Å²) in [5.41, 5.74) is 7.20. The van der Waals surface area contributed by atoms with E-state index in [2.05, 4.69) is 54.7 Å². The zero-order valence-electron chi connectivity index (χ0n) is 15.5. The van der Waals surface area contributed by atoms with Crippen LogP contribution in [0.4, 0.5) is 5.69 Å². The Morgan fingerprint density at radius 3 is 2.72 bits per heavy atom. The molecule has 0 amide bonds. The van der Waals surface area contributed by atoms with Gasteiger partial charge in [-0.05, 0) is 68.0 Å². The number of imidazole rings is 1. The van der Waals surface area contributed by atoms with Crippen LogP contribution in [0, 0.1) is 0 Å². The van der Waals surface area contributed by atoms with E-state index >= 15 is 0 Å². The van der Waals surface area contributed by atoms with Gasteiger partial charge in [-0.15, -0.1) is 0 Å². The number of pyridine rings is 1. The van der Waals surface area contributed by atoms with Crippen molar-refractivity contribution < 1.29 is 0 Å². The van der Waals surface area contributed by atoms with Gasteiger partial charge in [0, 0.05) is 30.0 Å². The highest BCUT2D eigenvalue weighted by molar-refractivity contribution is 5.80.